The molecule has 0 unspecified atom stereocenters. The van der Waals surface area contributed by atoms with E-state index in [0.29, 0.717) is 0 Å². The van der Waals surface area contributed by atoms with Crippen molar-refractivity contribution in [3.8, 4) is 5.13 Å². The van der Waals surface area contributed by atoms with Crippen LogP contribution in [0.1, 0.15) is 15.4 Å². The lowest BCUT2D eigenvalue weighted by Crippen LogP contribution is -2.08. The topological polar surface area (TPSA) is 68.0 Å². The summed E-state index contributed by atoms with van der Waals surface area (Å²) in [5, 5.41) is 14.1. The van der Waals surface area contributed by atoms with Crippen LogP contribution in [-0.4, -0.2) is 25.8 Å². The number of carboxylic acids is 1. The third-order valence-corrected chi connectivity index (χ3v) is 4.29. The van der Waals surface area contributed by atoms with E-state index in [0.717, 1.165) is 33.4 Å². The van der Waals surface area contributed by atoms with Crippen molar-refractivity contribution in [2.45, 2.75) is 6.18 Å². The fraction of sp³-hybridized carbons (Fsp3) is 0.100. The molecule has 0 aromatic carbocycles. The molecule has 10 heteroatoms. The van der Waals surface area contributed by atoms with Gasteiger partial charge in [-0.1, -0.05) is 0 Å². The summed E-state index contributed by atoms with van der Waals surface area (Å²) in [6.45, 7) is 0. The molecule has 20 heavy (non-hydrogen) atoms. The maximum atomic E-state index is 12.9. The number of hydrogen-bond donors (Lipinski definition) is 1. The highest BCUT2D eigenvalue weighted by molar-refractivity contribution is 7.20. The fourth-order valence-corrected chi connectivity index (χ4v) is 3.28. The molecule has 104 valence electrons. The zero-order valence-electron chi connectivity index (χ0n) is 9.38. The molecule has 5 nitrogen and oxygen atoms in total. The molecule has 0 saturated heterocycles. The van der Waals surface area contributed by atoms with Gasteiger partial charge in [-0.25, -0.2) is 9.78 Å². The van der Waals surface area contributed by atoms with Crippen molar-refractivity contribution in [2.24, 2.45) is 0 Å². The molecule has 1 N–H and O–H groups in total. The summed E-state index contributed by atoms with van der Waals surface area (Å²) in [6, 6.07) is 0.988. The van der Waals surface area contributed by atoms with Crippen LogP contribution < -0.4 is 0 Å². The zero-order chi connectivity index (χ0) is 14.5. The lowest BCUT2D eigenvalue weighted by Gasteiger charge is -2.01. The minimum atomic E-state index is -4.66. The second kappa shape index (κ2) is 4.28. The van der Waals surface area contributed by atoms with Crippen molar-refractivity contribution in [1.29, 1.82) is 0 Å². The van der Waals surface area contributed by atoms with Crippen LogP contribution in [0.2, 0.25) is 0 Å². The van der Waals surface area contributed by atoms with Crippen LogP contribution in [0.5, 0.6) is 0 Å². The summed E-state index contributed by atoms with van der Waals surface area (Å²) in [6.07, 6.45) is -3.22. The first-order chi connectivity index (χ1) is 9.38. The van der Waals surface area contributed by atoms with Gasteiger partial charge in [0.15, 0.2) is 5.69 Å². The Morgan fingerprint density at radius 1 is 1.40 bits per heavy atom. The molecule has 0 aliphatic heterocycles. The normalized spacial score (nSPS) is 12.2. The van der Waals surface area contributed by atoms with E-state index in [4.69, 9.17) is 5.11 Å². The molecule has 0 aliphatic rings. The van der Waals surface area contributed by atoms with Gasteiger partial charge in [0.1, 0.15) is 9.71 Å². The Morgan fingerprint density at radius 3 is 2.70 bits per heavy atom. The predicted octanol–water partition coefficient (Wildman–Crippen LogP) is 3.26. The Kier molecular flexibility index (Phi) is 2.80. The zero-order valence-corrected chi connectivity index (χ0v) is 11.0. The van der Waals surface area contributed by atoms with Crippen LogP contribution in [0, 0.1) is 0 Å². The summed E-state index contributed by atoms with van der Waals surface area (Å²) in [5.74, 6) is -1.27. The highest BCUT2D eigenvalue weighted by Gasteiger charge is 2.38. The van der Waals surface area contributed by atoms with E-state index in [-0.39, 0.29) is 20.2 Å². The fourth-order valence-electron chi connectivity index (χ4n) is 1.67. The standard InChI is InChI=1S/C10H4F3N3O2S2/c11-10(12,13)6-4-3-5(8(17)18)20-7(4)16(15-6)9-14-1-2-19-9/h1-3H,(H,17,18). The first-order valence-corrected chi connectivity index (χ1v) is 6.80. The van der Waals surface area contributed by atoms with E-state index in [1.807, 2.05) is 0 Å². The molecule has 0 spiro atoms. The molecule has 3 aromatic heterocycles. The van der Waals surface area contributed by atoms with E-state index in [1.54, 1.807) is 5.38 Å². The van der Waals surface area contributed by atoms with Crippen LogP contribution in [0.25, 0.3) is 15.3 Å². The van der Waals surface area contributed by atoms with E-state index < -0.39 is 17.8 Å². The van der Waals surface area contributed by atoms with Crippen molar-refractivity contribution < 1.29 is 23.1 Å². The number of fused-ring (bicyclic) bond motifs is 1. The molecule has 3 heterocycles. The minimum absolute atomic E-state index is 0.115. The molecule has 0 atom stereocenters. The third kappa shape index (κ3) is 1.96. The number of halogens is 3. The smallest absolute Gasteiger partial charge is 0.435 e. The van der Waals surface area contributed by atoms with E-state index >= 15 is 0 Å². The highest BCUT2D eigenvalue weighted by Crippen LogP contribution is 2.38. The summed E-state index contributed by atoms with van der Waals surface area (Å²) < 4.78 is 39.9. The molecular weight excluding hydrogens is 315 g/mol. The Balaban J connectivity index is 2.33. The molecule has 0 aliphatic carbocycles. The quantitative estimate of drug-likeness (QED) is 0.787. The Hall–Kier alpha value is -1.94. The van der Waals surface area contributed by atoms with Crippen molar-refractivity contribution in [2.75, 3.05) is 0 Å². The Morgan fingerprint density at radius 2 is 2.15 bits per heavy atom. The maximum absolute atomic E-state index is 12.9. The van der Waals surface area contributed by atoms with Crippen molar-refractivity contribution >= 4 is 38.9 Å². The van der Waals surface area contributed by atoms with E-state index in [1.165, 1.54) is 6.20 Å². The summed E-state index contributed by atoms with van der Waals surface area (Å²) in [5.41, 5.74) is -1.11. The third-order valence-electron chi connectivity index (χ3n) is 2.44. The molecule has 0 fully saturated rings. The second-order valence-electron chi connectivity index (χ2n) is 3.71. The number of nitrogens with zero attached hydrogens (tertiary/aromatic N) is 3. The first-order valence-electron chi connectivity index (χ1n) is 5.11. The number of carbonyl (C=O) groups is 1. The largest absolute Gasteiger partial charge is 0.477 e. The summed E-state index contributed by atoms with van der Waals surface area (Å²) >= 11 is 1.85. The number of rotatable bonds is 2. The van der Waals surface area contributed by atoms with Gasteiger partial charge in [0.25, 0.3) is 0 Å². The van der Waals surface area contributed by atoms with Gasteiger partial charge in [-0.05, 0) is 6.07 Å². The van der Waals surface area contributed by atoms with Crippen LogP contribution >= 0.6 is 22.7 Å². The number of carboxylic acid groups (broad SMARTS) is 1. The molecule has 3 aromatic rings. The number of alkyl halides is 3. The summed E-state index contributed by atoms with van der Waals surface area (Å²) in [7, 11) is 0. The van der Waals surface area contributed by atoms with Gasteiger partial charge in [-0.15, -0.1) is 22.7 Å². The van der Waals surface area contributed by atoms with Crippen LogP contribution in [-0.2, 0) is 6.18 Å². The Labute approximate surface area is 116 Å². The van der Waals surface area contributed by atoms with E-state index in [9.17, 15) is 18.0 Å². The monoisotopic (exact) mass is 319 g/mol. The highest BCUT2D eigenvalue weighted by atomic mass is 32.1. The number of aromatic carboxylic acids is 1. The molecule has 3 rings (SSSR count). The average molecular weight is 319 g/mol. The van der Waals surface area contributed by atoms with Gasteiger partial charge in [0, 0.05) is 17.0 Å². The molecule has 0 radical (unpaired) electrons. The number of thiophene rings is 1. The molecule has 0 bridgehead atoms. The van der Waals surface area contributed by atoms with E-state index in [2.05, 4.69) is 10.1 Å². The molecule has 0 saturated carbocycles. The second-order valence-corrected chi connectivity index (χ2v) is 5.61. The van der Waals surface area contributed by atoms with Crippen molar-refractivity contribution in [1.82, 2.24) is 14.8 Å². The lowest BCUT2D eigenvalue weighted by molar-refractivity contribution is -0.140. The van der Waals surface area contributed by atoms with Gasteiger partial charge in [0.05, 0.1) is 0 Å². The molecule has 0 amide bonds. The predicted molar refractivity (Wildman–Crippen MR) is 66.6 cm³/mol. The van der Waals surface area contributed by atoms with Crippen molar-refractivity contribution in [3.63, 3.8) is 0 Å². The number of aromatic nitrogens is 3. The summed E-state index contributed by atoms with van der Waals surface area (Å²) in [4.78, 5) is 14.8. The number of thiazole rings is 1. The molecular formula is C10H4F3N3O2S2. The van der Waals surface area contributed by atoms with Gasteiger partial charge < -0.3 is 5.11 Å². The first kappa shape index (κ1) is 13.1. The average Bonchev–Trinajstić information content (AvgIpc) is 3.02. The van der Waals surface area contributed by atoms with Crippen LogP contribution in [0.3, 0.4) is 0 Å². The SMILES string of the molecule is O=C(O)c1cc2c(C(F)(F)F)nn(-c3nccs3)c2s1. The van der Waals surface area contributed by atoms with Gasteiger partial charge in [-0.2, -0.15) is 23.0 Å². The van der Waals surface area contributed by atoms with Crippen LogP contribution in [0.15, 0.2) is 17.6 Å². The lowest BCUT2D eigenvalue weighted by atomic mass is 10.3. The Bertz CT molecular complexity index is 789. The van der Waals surface area contributed by atoms with Crippen LogP contribution in [0.4, 0.5) is 13.2 Å². The van der Waals surface area contributed by atoms with Gasteiger partial charge >= 0.3 is 12.1 Å². The van der Waals surface area contributed by atoms with Gasteiger partial charge in [-0.3, -0.25) is 0 Å². The maximum Gasteiger partial charge on any atom is 0.435 e. The van der Waals surface area contributed by atoms with Crippen molar-refractivity contribution in [3.05, 3.63) is 28.2 Å². The van der Waals surface area contributed by atoms with Gasteiger partial charge in [0.2, 0.25) is 5.13 Å². The minimum Gasteiger partial charge on any atom is -0.477 e. The number of hydrogen-bond acceptors (Lipinski definition) is 5.